The molecule has 0 spiro atoms. The highest BCUT2D eigenvalue weighted by molar-refractivity contribution is 5.94. The number of rotatable bonds is 3. The minimum atomic E-state index is -0.143. The Morgan fingerprint density at radius 3 is 2.88 bits per heavy atom. The molecule has 0 radical (unpaired) electrons. The molecular weight excluding hydrogens is 314 g/mol. The van der Waals surface area contributed by atoms with Gasteiger partial charge in [0.1, 0.15) is 11.8 Å². The predicted octanol–water partition coefficient (Wildman–Crippen LogP) is 1.89. The number of nitriles is 1. The SMILES string of the molecule is C/C=C/C1NNC2CCC(NC(=O)c3ncc(C#N)c(C)c3C)CC12. The fourth-order valence-electron chi connectivity index (χ4n) is 3.92. The van der Waals surface area contributed by atoms with Crippen LogP contribution in [0.15, 0.2) is 18.3 Å². The molecular formula is C19H25N5O. The van der Waals surface area contributed by atoms with E-state index in [1.54, 1.807) is 0 Å². The monoisotopic (exact) mass is 339 g/mol. The summed E-state index contributed by atoms with van der Waals surface area (Å²) in [4.78, 5) is 16.9. The highest BCUT2D eigenvalue weighted by Gasteiger charge is 2.39. The topological polar surface area (TPSA) is 89.8 Å². The van der Waals surface area contributed by atoms with Crippen LogP contribution in [0.1, 0.15) is 53.4 Å². The van der Waals surface area contributed by atoms with Crippen LogP contribution < -0.4 is 16.2 Å². The smallest absolute Gasteiger partial charge is 0.270 e. The second-order valence-corrected chi connectivity index (χ2v) is 6.98. The van der Waals surface area contributed by atoms with E-state index in [2.05, 4.69) is 39.4 Å². The van der Waals surface area contributed by atoms with Crippen molar-refractivity contribution in [3.05, 3.63) is 40.7 Å². The van der Waals surface area contributed by atoms with Crippen LogP contribution >= 0.6 is 0 Å². The van der Waals surface area contributed by atoms with Gasteiger partial charge < -0.3 is 5.32 Å². The van der Waals surface area contributed by atoms with Crippen molar-refractivity contribution in [2.24, 2.45) is 5.92 Å². The summed E-state index contributed by atoms with van der Waals surface area (Å²) in [5, 5.41) is 12.2. The number of aromatic nitrogens is 1. The molecule has 1 aliphatic carbocycles. The van der Waals surface area contributed by atoms with Crippen LogP contribution in [0.3, 0.4) is 0 Å². The third kappa shape index (κ3) is 3.44. The number of carbonyl (C=O) groups excluding carboxylic acids is 1. The standard InChI is InChI=1S/C19H25N5O/c1-4-5-16-15-8-14(6-7-17(15)24-23-16)22-19(25)18-12(3)11(2)13(9-20)10-21-18/h4-5,10,14-17,23-24H,6-8H2,1-3H3,(H,22,25)/b5-4+. The Morgan fingerprint density at radius 1 is 1.36 bits per heavy atom. The molecule has 2 aliphatic rings. The fourth-order valence-corrected chi connectivity index (χ4v) is 3.92. The molecule has 0 aromatic carbocycles. The van der Waals surface area contributed by atoms with Gasteiger partial charge in [0, 0.05) is 24.3 Å². The summed E-state index contributed by atoms with van der Waals surface area (Å²) >= 11 is 0. The Bertz CT molecular complexity index is 736. The molecule has 25 heavy (non-hydrogen) atoms. The quantitative estimate of drug-likeness (QED) is 0.732. The van der Waals surface area contributed by atoms with E-state index in [9.17, 15) is 4.79 Å². The number of pyridine rings is 1. The van der Waals surface area contributed by atoms with E-state index in [1.807, 2.05) is 20.8 Å². The van der Waals surface area contributed by atoms with Gasteiger partial charge in [-0.1, -0.05) is 12.2 Å². The van der Waals surface area contributed by atoms with E-state index < -0.39 is 0 Å². The summed E-state index contributed by atoms with van der Waals surface area (Å²) in [6.45, 7) is 5.73. The lowest BCUT2D eigenvalue weighted by Gasteiger charge is -2.33. The van der Waals surface area contributed by atoms with Gasteiger partial charge in [0.15, 0.2) is 0 Å². The van der Waals surface area contributed by atoms with Gasteiger partial charge in [0.25, 0.3) is 5.91 Å². The minimum Gasteiger partial charge on any atom is -0.348 e. The number of hydrogen-bond acceptors (Lipinski definition) is 5. The van der Waals surface area contributed by atoms with Crippen molar-refractivity contribution in [2.45, 2.75) is 58.2 Å². The molecule has 3 N–H and O–H groups in total. The first-order valence-electron chi connectivity index (χ1n) is 8.86. The number of allylic oxidation sites excluding steroid dienone is 1. The molecule has 132 valence electrons. The van der Waals surface area contributed by atoms with Crippen molar-refractivity contribution in [3.8, 4) is 6.07 Å². The number of hydrogen-bond donors (Lipinski definition) is 3. The molecule has 0 bridgehead atoms. The number of fused-ring (bicyclic) bond motifs is 1. The summed E-state index contributed by atoms with van der Waals surface area (Å²) in [5.74, 6) is 0.335. The van der Waals surface area contributed by atoms with Crippen molar-refractivity contribution in [3.63, 3.8) is 0 Å². The number of amides is 1. The van der Waals surface area contributed by atoms with E-state index in [-0.39, 0.29) is 11.9 Å². The zero-order chi connectivity index (χ0) is 18.0. The van der Waals surface area contributed by atoms with Gasteiger partial charge in [-0.2, -0.15) is 5.26 Å². The Kier molecular flexibility index (Phi) is 5.16. The van der Waals surface area contributed by atoms with Crippen LogP contribution in [0, 0.1) is 31.1 Å². The highest BCUT2D eigenvalue weighted by atomic mass is 16.1. The fraction of sp³-hybridized carbons (Fsp3) is 0.526. The van der Waals surface area contributed by atoms with E-state index in [4.69, 9.17) is 5.26 Å². The van der Waals surface area contributed by atoms with E-state index >= 15 is 0 Å². The van der Waals surface area contributed by atoms with Crippen LogP contribution in [0.2, 0.25) is 0 Å². The zero-order valence-electron chi connectivity index (χ0n) is 15.0. The Labute approximate surface area is 148 Å². The van der Waals surface area contributed by atoms with Crippen molar-refractivity contribution in [2.75, 3.05) is 0 Å². The summed E-state index contributed by atoms with van der Waals surface area (Å²) in [6.07, 6.45) is 8.67. The molecule has 1 aromatic heterocycles. The van der Waals surface area contributed by atoms with Gasteiger partial charge in [-0.3, -0.25) is 15.6 Å². The molecule has 4 atom stereocenters. The molecule has 3 rings (SSSR count). The average molecular weight is 339 g/mol. The van der Waals surface area contributed by atoms with E-state index in [0.29, 0.717) is 29.3 Å². The third-order valence-corrected chi connectivity index (χ3v) is 5.51. The van der Waals surface area contributed by atoms with Crippen LogP contribution in [0.4, 0.5) is 0 Å². The van der Waals surface area contributed by atoms with Gasteiger partial charge in [-0.25, -0.2) is 4.98 Å². The van der Waals surface area contributed by atoms with E-state index in [0.717, 1.165) is 30.4 Å². The van der Waals surface area contributed by atoms with Gasteiger partial charge in [0.05, 0.1) is 5.56 Å². The molecule has 1 aliphatic heterocycles. The molecule has 1 amide bonds. The molecule has 1 saturated carbocycles. The second-order valence-electron chi connectivity index (χ2n) is 6.98. The number of carbonyl (C=O) groups is 1. The second kappa shape index (κ2) is 7.34. The zero-order valence-corrected chi connectivity index (χ0v) is 15.0. The number of hydrazine groups is 1. The summed E-state index contributed by atoms with van der Waals surface area (Å²) in [7, 11) is 0. The minimum absolute atomic E-state index is 0.143. The largest absolute Gasteiger partial charge is 0.348 e. The van der Waals surface area contributed by atoms with Crippen molar-refractivity contribution >= 4 is 5.91 Å². The summed E-state index contributed by atoms with van der Waals surface area (Å²) in [5.41, 5.74) is 9.26. The lowest BCUT2D eigenvalue weighted by molar-refractivity contribution is 0.0910. The maximum atomic E-state index is 12.7. The van der Waals surface area contributed by atoms with Crippen LogP contribution in [0.25, 0.3) is 0 Å². The Balaban J connectivity index is 1.70. The number of nitrogens with one attached hydrogen (secondary N) is 3. The Hall–Kier alpha value is -2.23. The highest BCUT2D eigenvalue weighted by Crippen LogP contribution is 2.31. The first kappa shape index (κ1) is 17.6. The third-order valence-electron chi connectivity index (χ3n) is 5.51. The number of nitrogens with zero attached hydrogens (tertiary/aromatic N) is 2. The van der Waals surface area contributed by atoms with Crippen LogP contribution in [-0.2, 0) is 0 Å². The van der Waals surface area contributed by atoms with Gasteiger partial charge >= 0.3 is 0 Å². The summed E-state index contributed by atoms with van der Waals surface area (Å²) < 4.78 is 0. The van der Waals surface area contributed by atoms with Crippen molar-refractivity contribution < 1.29 is 4.79 Å². The molecule has 6 nitrogen and oxygen atoms in total. The first-order chi connectivity index (χ1) is 12.0. The van der Waals surface area contributed by atoms with Gasteiger partial charge in [0.2, 0.25) is 0 Å². The molecule has 1 saturated heterocycles. The molecule has 6 heteroatoms. The molecule has 2 fully saturated rings. The maximum absolute atomic E-state index is 12.7. The molecule has 2 heterocycles. The first-order valence-corrected chi connectivity index (χ1v) is 8.86. The summed E-state index contributed by atoms with van der Waals surface area (Å²) in [6, 6.07) is 3.04. The molecule has 4 unspecified atom stereocenters. The van der Waals surface area contributed by atoms with Gasteiger partial charge in [-0.15, -0.1) is 0 Å². The van der Waals surface area contributed by atoms with Crippen LogP contribution in [-0.4, -0.2) is 29.0 Å². The van der Waals surface area contributed by atoms with Crippen molar-refractivity contribution in [1.82, 2.24) is 21.2 Å². The normalized spacial score (nSPS) is 28.6. The lowest BCUT2D eigenvalue weighted by atomic mass is 9.79. The predicted molar refractivity (Wildman–Crippen MR) is 95.7 cm³/mol. The van der Waals surface area contributed by atoms with E-state index in [1.165, 1.54) is 6.20 Å². The van der Waals surface area contributed by atoms with Crippen molar-refractivity contribution in [1.29, 1.82) is 5.26 Å². The lowest BCUT2D eigenvalue weighted by Crippen LogP contribution is -2.45. The Morgan fingerprint density at radius 2 is 2.16 bits per heavy atom. The average Bonchev–Trinajstić information content (AvgIpc) is 3.00. The van der Waals surface area contributed by atoms with Gasteiger partial charge in [-0.05, 0) is 57.1 Å². The van der Waals surface area contributed by atoms with Crippen LogP contribution in [0.5, 0.6) is 0 Å². The molecule has 1 aromatic rings. The maximum Gasteiger partial charge on any atom is 0.270 e.